The summed E-state index contributed by atoms with van der Waals surface area (Å²) in [5.41, 5.74) is 0. The molecule has 0 rings (SSSR count). The first-order chi connectivity index (χ1) is 34.0. The highest BCUT2D eigenvalue weighted by Gasteiger charge is 2.19. The third-order valence-corrected chi connectivity index (χ3v) is 12.1. The van der Waals surface area contributed by atoms with Crippen LogP contribution in [0.25, 0.3) is 0 Å². The Hall–Kier alpha value is -3.67. The molecule has 0 bridgehead atoms. The molecule has 6 heteroatoms. The standard InChI is InChI=1S/C63H106O6/c1-4-7-10-13-16-19-21-23-25-27-29-30-31-32-34-35-37-39-41-44-47-50-53-56-62(65)68-59-60(58-67-61(64)55-52-49-46-43-18-15-12-9-6-3)69-63(66)57-54-51-48-45-42-40-38-36-33-28-26-24-22-20-17-14-11-8-5-2/h8,11,17,20-21,23-24,26-27,29,33,36,40,42,48,51,60H,4-7,9-10,12-16,18-19,22,25,28,30-32,34-35,37-39,41,43-47,49-50,52-59H2,1-3H3/b11-8-,20-17-,23-21-,26-24-,29-27-,36-33-,42-40-,51-48-. The maximum absolute atomic E-state index is 12.8. The smallest absolute Gasteiger partial charge is 0.306 e. The van der Waals surface area contributed by atoms with Gasteiger partial charge in [0.25, 0.3) is 0 Å². The molecule has 6 nitrogen and oxygen atoms in total. The lowest BCUT2D eigenvalue weighted by Crippen LogP contribution is -2.30. The van der Waals surface area contributed by atoms with Crippen molar-refractivity contribution in [2.45, 2.75) is 271 Å². The van der Waals surface area contributed by atoms with Gasteiger partial charge in [-0.15, -0.1) is 0 Å². The van der Waals surface area contributed by atoms with Gasteiger partial charge < -0.3 is 14.2 Å². The molecule has 0 aliphatic rings. The lowest BCUT2D eigenvalue weighted by molar-refractivity contribution is -0.166. The molecule has 69 heavy (non-hydrogen) atoms. The number of allylic oxidation sites excluding steroid dienone is 16. The van der Waals surface area contributed by atoms with Crippen LogP contribution in [0.4, 0.5) is 0 Å². The fraction of sp³-hybridized carbons (Fsp3) is 0.698. The molecule has 0 aliphatic carbocycles. The second-order valence-electron chi connectivity index (χ2n) is 18.8. The summed E-state index contributed by atoms with van der Waals surface area (Å²) in [7, 11) is 0. The molecule has 0 heterocycles. The Kier molecular flexibility index (Phi) is 53.9. The molecule has 1 atom stereocenters. The van der Waals surface area contributed by atoms with Crippen molar-refractivity contribution in [3.63, 3.8) is 0 Å². The average Bonchev–Trinajstić information content (AvgIpc) is 3.35. The van der Waals surface area contributed by atoms with E-state index in [0.29, 0.717) is 19.3 Å². The summed E-state index contributed by atoms with van der Waals surface area (Å²) < 4.78 is 16.7. The Morgan fingerprint density at radius 1 is 0.304 bits per heavy atom. The number of carbonyl (C=O) groups excluding carboxylic acids is 3. The second-order valence-corrected chi connectivity index (χ2v) is 18.8. The van der Waals surface area contributed by atoms with Crippen molar-refractivity contribution in [2.24, 2.45) is 0 Å². The molecule has 1 unspecified atom stereocenters. The van der Waals surface area contributed by atoms with Gasteiger partial charge in [0, 0.05) is 19.3 Å². The zero-order valence-electron chi connectivity index (χ0n) is 45.0. The molecule has 0 spiro atoms. The normalized spacial score (nSPS) is 12.8. The van der Waals surface area contributed by atoms with Gasteiger partial charge in [-0.1, -0.05) is 253 Å². The predicted molar refractivity (Wildman–Crippen MR) is 297 cm³/mol. The van der Waals surface area contributed by atoms with E-state index in [9.17, 15) is 14.4 Å². The third-order valence-electron chi connectivity index (χ3n) is 12.1. The molecular weight excluding hydrogens is 853 g/mol. The van der Waals surface area contributed by atoms with Crippen molar-refractivity contribution < 1.29 is 28.6 Å². The van der Waals surface area contributed by atoms with Gasteiger partial charge in [-0.05, 0) is 89.9 Å². The number of ether oxygens (including phenoxy) is 3. The van der Waals surface area contributed by atoms with Crippen LogP contribution in [-0.2, 0) is 28.6 Å². The van der Waals surface area contributed by atoms with Crippen molar-refractivity contribution in [2.75, 3.05) is 13.2 Å². The number of carbonyl (C=O) groups is 3. The van der Waals surface area contributed by atoms with Gasteiger partial charge in [0.05, 0.1) is 0 Å². The van der Waals surface area contributed by atoms with Crippen LogP contribution in [0, 0.1) is 0 Å². The molecule has 0 saturated carbocycles. The van der Waals surface area contributed by atoms with E-state index in [1.54, 1.807) is 0 Å². The van der Waals surface area contributed by atoms with Crippen molar-refractivity contribution in [3.05, 3.63) is 97.2 Å². The molecule has 0 radical (unpaired) electrons. The van der Waals surface area contributed by atoms with Crippen LogP contribution in [0.15, 0.2) is 97.2 Å². The number of rotatable bonds is 51. The lowest BCUT2D eigenvalue weighted by atomic mass is 10.0. The molecule has 0 fully saturated rings. The van der Waals surface area contributed by atoms with Crippen molar-refractivity contribution in [1.29, 1.82) is 0 Å². The first-order valence-corrected chi connectivity index (χ1v) is 28.7. The first-order valence-electron chi connectivity index (χ1n) is 28.7. The summed E-state index contributed by atoms with van der Waals surface area (Å²) in [6.07, 6.45) is 75.6. The van der Waals surface area contributed by atoms with Gasteiger partial charge in [-0.3, -0.25) is 14.4 Å². The minimum atomic E-state index is -0.817. The highest BCUT2D eigenvalue weighted by Crippen LogP contribution is 2.15. The average molecular weight is 960 g/mol. The lowest BCUT2D eigenvalue weighted by Gasteiger charge is -2.18. The SMILES string of the molecule is CC/C=C\C/C=C\C/C=C\C/C=C\C/C=C\C/C=C\CCC(=O)OC(COC(=O)CCCCCCCCCCC)COC(=O)CCCCCCCCCCCCC/C=C\C/C=C\CCCCCCC. The van der Waals surface area contributed by atoms with E-state index >= 15 is 0 Å². The minimum absolute atomic E-state index is 0.107. The maximum Gasteiger partial charge on any atom is 0.306 e. The molecule has 0 aromatic heterocycles. The van der Waals surface area contributed by atoms with Gasteiger partial charge in [-0.2, -0.15) is 0 Å². The molecule has 0 aliphatic heterocycles. The number of esters is 3. The van der Waals surface area contributed by atoms with Crippen LogP contribution >= 0.6 is 0 Å². The van der Waals surface area contributed by atoms with Gasteiger partial charge in [0.15, 0.2) is 6.10 Å². The molecular formula is C63H106O6. The van der Waals surface area contributed by atoms with Gasteiger partial charge in [0.1, 0.15) is 13.2 Å². The third kappa shape index (κ3) is 55.1. The maximum atomic E-state index is 12.8. The first kappa shape index (κ1) is 65.3. The fourth-order valence-electron chi connectivity index (χ4n) is 7.79. The van der Waals surface area contributed by atoms with Gasteiger partial charge in [0.2, 0.25) is 0 Å². The van der Waals surface area contributed by atoms with Crippen LogP contribution in [0.3, 0.4) is 0 Å². The van der Waals surface area contributed by atoms with E-state index in [0.717, 1.165) is 83.5 Å². The Balaban J connectivity index is 4.36. The zero-order chi connectivity index (χ0) is 50.0. The largest absolute Gasteiger partial charge is 0.462 e. The van der Waals surface area contributed by atoms with Crippen molar-refractivity contribution in [3.8, 4) is 0 Å². The highest BCUT2D eigenvalue weighted by molar-refractivity contribution is 5.71. The van der Waals surface area contributed by atoms with E-state index in [2.05, 4.69) is 112 Å². The highest BCUT2D eigenvalue weighted by atomic mass is 16.6. The van der Waals surface area contributed by atoms with Crippen LogP contribution in [-0.4, -0.2) is 37.2 Å². The Morgan fingerprint density at radius 2 is 0.594 bits per heavy atom. The second kappa shape index (κ2) is 56.9. The van der Waals surface area contributed by atoms with E-state index in [4.69, 9.17) is 14.2 Å². The van der Waals surface area contributed by atoms with Crippen LogP contribution < -0.4 is 0 Å². The predicted octanol–water partition coefficient (Wildman–Crippen LogP) is 19.3. The van der Waals surface area contributed by atoms with Crippen LogP contribution in [0.5, 0.6) is 0 Å². The van der Waals surface area contributed by atoms with E-state index < -0.39 is 12.1 Å². The van der Waals surface area contributed by atoms with Gasteiger partial charge >= 0.3 is 17.9 Å². The van der Waals surface area contributed by atoms with Crippen molar-refractivity contribution >= 4 is 17.9 Å². The van der Waals surface area contributed by atoms with Crippen molar-refractivity contribution in [1.82, 2.24) is 0 Å². The quantitative estimate of drug-likeness (QED) is 0.0262. The van der Waals surface area contributed by atoms with E-state index in [1.807, 2.05) is 6.08 Å². The van der Waals surface area contributed by atoms with Crippen LogP contribution in [0.2, 0.25) is 0 Å². The minimum Gasteiger partial charge on any atom is -0.462 e. The van der Waals surface area contributed by atoms with E-state index in [1.165, 1.54) is 135 Å². The number of hydrogen-bond acceptors (Lipinski definition) is 6. The fourth-order valence-corrected chi connectivity index (χ4v) is 7.79. The molecule has 0 amide bonds. The molecule has 0 saturated heterocycles. The monoisotopic (exact) mass is 959 g/mol. The Morgan fingerprint density at radius 3 is 0.942 bits per heavy atom. The summed E-state index contributed by atoms with van der Waals surface area (Å²) in [5, 5.41) is 0. The Labute approximate surface area is 426 Å². The summed E-state index contributed by atoms with van der Waals surface area (Å²) in [5.74, 6) is -0.995. The Bertz CT molecular complexity index is 1380. The number of hydrogen-bond donors (Lipinski definition) is 0. The summed E-state index contributed by atoms with van der Waals surface area (Å²) in [6, 6.07) is 0. The molecule has 0 N–H and O–H groups in total. The van der Waals surface area contributed by atoms with Crippen LogP contribution in [0.1, 0.15) is 265 Å². The molecule has 0 aromatic carbocycles. The summed E-state index contributed by atoms with van der Waals surface area (Å²) in [4.78, 5) is 38.0. The summed E-state index contributed by atoms with van der Waals surface area (Å²) in [6.45, 7) is 6.44. The van der Waals surface area contributed by atoms with Gasteiger partial charge in [-0.25, -0.2) is 0 Å². The molecule has 394 valence electrons. The topological polar surface area (TPSA) is 78.9 Å². The zero-order valence-corrected chi connectivity index (χ0v) is 45.0. The summed E-state index contributed by atoms with van der Waals surface area (Å²) >= 11 is 0. The molecule has 0 aromatic rings. The number of unbranched alkanes of at least 4 members (excludes halogenated alkanes) is 24. The van der Waals surface area contributed by atoms with E-state index in [-0.39, 0.29) is 31.6 Å².